The fourth-order valence-electron chi connectivity index (χ4n) is 2.99. The van der Waals surface area contributed by atoms with Gasteiger partial charge in [0.2, 0.25) is 10.0 Å². The van der Waals surface area contributed by atoms with Gasteiger partial charge in [-0.1, -0.05) is 5.16 Å². The number of likely N-dealkylation sites (N-methyl/N-ethyl adjacent to an activating group) is 1. The summed E-state index contributed by atoms with van der Waals surface area (Å²) in [7, 11) is 2.40. The molecule has 1 aromatic rings. The number of hydrogen-bond donors (Lipinski definition) is 1. The zero-order chi connectivity index (χ0) is 15.8. The summed E-state index contributed by atoms with van der Waals surface area (Å²) in [6.07, 6.45) is 0. The Hall–Kier alpha value is -0.960. The number of sulfonamides is 1. The number of nitrogens with zero attached hydrogens (tertiary/aromatic N) is 3. The first kappa shape index (κ1) is 16.4. The predicted molar refractivity (Wildman–Crippen MR) is 79.6 cm³/mol. The Labute approximate surface area is 126 Å². The van der Waals surface area contributed by atoms with Crippen LogP contribution in [-0.2, 0) is 10.0 Å². The van der Waals surface area contributed by atoms with E-state index in [2.05, 4.69) is 19.7 Å². The van der Waals surface area contributed by atoms with Crippen LogP contribution in [0.5, 0.6) is 0 Å². The molecule has 1 N–H and O–H groups in total. The smallest absolute Gasteiger partial charge is 0.246 e. The Bertz CT molecular complexity index is 577. The van der Waals surface area contributed by atoms with Crippen molar-refractivity contribution in [1.29, 1.82) is 0 Å². The molecular formula is C13H24N4O3S. The summed E-state index contributed by atoms with van der Waals surface area (Å²) < 4.78 is 33.0. The van der Waals surface area contributed by atoms with Gasteiger partial charge in [-0.3, -0.25) is 0 Å². The number of likely N-dealkylation sites (tertiary alicyclic amines) is 1. The van der Waals surface area contributed by atoms with E-state index in [4.69, 9.17) is 4.52 Å². The molecule has 7 nitrogen and oxygen atoms in total. The van der Waals surface area contributed by atoms with Crippen LogP contribution < -0.4 is 4.72 Å². The first-order valence-corrected chi connectivity index (χ1v) is 8.47. The lowest BCUT2D eigenvalue weighted by molar-refractivity contribution is 0.303. The monoisotopic (exact) mass is 316 g/mol. The van der Waals surface area contributed by atoms with Gasteiger partial charge < -0.3 is 14.3 Å². The lowest BCUT2D eigenvalue weighted by Crippen LogP contribution is -2.43. The number of hydrogen-bond acceptors (Lipinski definition) is 6. The average molecular weight is 316 g/mol. The molecule has 0 bridgehead atoms. The lowest BCUT2D eigenvalue weighted by Gasteiger charge is -2.22. The van der Waals surface area contributed by atoms with Crippen LogP contribution in [0.3, 0.4) is 0 Å². The molecule has 1 fully saturated rings. The van der Waals surface area contributed by atoms with Crippen LogP contribution in [0.1, 0.15) is 11.5 Å². The molecule has 1 aliphatic rings. The topological polar surface area (TPSA) is 78.7 Å². The summed E-state index contributed by atoms with van der Waals surface area (Å²) in [5, 5.41) is 3.73. The summed E-state index contributed by atoms with van der Waals surface area (Å²) in [5.74, 6) is 0.593. The van der Waals surface area contributed by atoms with Gasteiger partial charge in [0, 0.05) is 31.6 Å². The molecule has 0 spiro atoms. The maximum Gasteiger partial charge on any atom is 0.246 e. The van der Waals surface area contributed by atoms with Crippen LogP contribution in [0.2, 0.25) is 0 Å². The van der Waals surface area contributed by atoms with E-state index in [1.54, 1.807) is 13.8 Å². The molecule has 0 aromatic carbocycles. The van der Waals surface area contributed by atoms with E-state index in [0.29, 0.717) is 18.0 Å². The molecule has 21 heavy (non-hydrogen) atoms. The molecule has 8 heteroatoms. The molecular weight excluding hydrogens is 292 g/mol. The second kappa shape index (κ2) is 6.04. The molecule has 0 unspecified atom stereocenters. The van der Waals surface area contributed by atoms with Gasteiger partial charge in [0.15, 0.2) is 5.76 Å². The first-order valence-electron chi connectivity index (χ1n) is 6.99. The van der Waals surface area contributed by atoms with Gasteiger partial charge in [-0.2, -0.15) is 0 Å². The van der Waals surface area contributed by atoms with Crippen LogP contribution in [0.15, 0.2) is 9.42 Å². The summed E-state index contributed by atoms with van der Waals surface area (Å²) in [4.78, 5) is 4.40. The van der Waals surface area contributed by atoms with Gasteiger partial charge in [-0.05, 0) is 35.0 Å². The molecule has 0 amide bonds. The van der Waals surface area contributed by atoms with Crippen molar-refractivity contribution in [1.82, 2.24) is 19.7 Å². The fourth-order valence-corrected chi connectivity index (χ4v) is 4.62. The summed E-state index contributed by atoms with van der Waals surface area (Å²) in [5.41, 5.74) is 0.399. The summed E-state index contributed by atoms with van der Waals surface area (Å²) >= 11 is 0. The molecule has 1 saturated heterocycles. The number of aryl methyl sites for hydroxylation is 2. The maximum absolute atomic E-state index is 12.6. The fraction of sp³-hybridized carbons (Fsp3) is 0.769. The molecule has 1 aromatic heterocycles. The van der Waals surface area contributed by atoms with Crippen molar-refractivity contribution >= 4 is 10.0 Å². The highest BCUT2D eigenvalue weighted by Gasteiger charge is 2.36. The molecule has 0 radical (unpaired) electrons. The van der Waals surface area contributed by atoms with Crippen molar-refractivity contribution in [2.24, 2.45) is 5.92 Å². The number of rotatable bonds is 5. The van der Waals surface area contributed by atoms with E-state index in [-0.39, 0.29) is 16.9 Å². The lowest BCUT2D eigenvalue weighted by atomic mass is 10.0. The number of nitrogens with one attached hydrogen (secondary N) is 1. The van der Waals surface area contributed by atoms with E-state index in [1.807, 2.05) is 21.1 Å². The predicted octanol–water partition coefficient (Wildman–Crippen LogP) is 0.0615. The Balaban J connectivity index is 2.19. The molecule has 120 valence electrons. The third-order valence-corrected chi connectivity index (χ3v) is 5.50. The molecule has 2 heterocycles. The third kappa shape index (κ3) is 3.63. The van der Waals surface area contributed by atoms with Gasteiger partial charge in [-0.15, -0.1) is 0 Å². The van der Waals surface area contributed by atoms with Crippen LogP contribution in [-0.4, -0.2) is 70.2 Å². The highest BCUT2D eigenvalue weighted by atomic mass is 32.2. The second-order valence-electron chi connectivity index (χ2n) is 6.12. The van der Waals surface area contributed by atoms with Crippen molar-refractivity contribution in [3.8, 4) is 0 Å². The normalized spacial score (nSPS) is 24.1. The first-order chi connectivity index (χ1) is 9.70. The van der Waals surface area contributed by atoms with Gasteiger partial charge in [-0.25, -0.2) is 13.1 Å². The highest BCUT2D eigenvalue weighted by Crippen LogP contribution is 2.22. The SMILES string of the molecule is Cc1noc(C)c1S(=O)(=O)N[C@@H]1CN(C)C[C@H]1CN(C)C. The van der Waals surface area contributed by atoms with Crippen molar-refractivity contribution in [2.45, 2.75) is 24.8 Å². The Morgan fingerprint density at radius 1 is 1.38 bits per heavy atom. The maximum atomic E-state index is 12.6. The van der Waals surface area contributed by atoms with Crippen LogP contribution in [0.4, 0.5) is 0 Å². The minimum atomic E-state index is -3.61. The summed E-state index contributed by atoms with van der Waals surface area (Å²) in [6, 6.07) is -0.101. The standard InChI is InChI=1S/C13H24N4O3S/c1-9-13(10(2)20-14-9)21(18,19)15-12-8-17(5)7-11(12)6-16(3)4/h11-12,15H,6-8H2,1-5H3/t11-,12-/m1/s1. The van der Waals surface area contributed by atoms with Gasteiger partial charge in [0.1, 0.15) is 10.6 Å². The van der Waals surface area contributed by atoms with Crippen molar-refractivity contribution < 1.29 is 12.9 Å². The molecule has 2 atom stereocenters. The summed E-state index contributed by atoms with van der Waals surface area (Å²) in [6.45, 7) is 5.70. The van der Waals surface area contributed by atoms with E-state index in [0.717, 1.165) is 13.1 Å². The van der Waals surface area contributed by atoms with Crippen LogP contribution in [0, 0.1) is 19.8 Å². The van der Waals surface area contributed by atoms with Gasteiger partial charge >= 0.3 is 0 Å². The van der Waals surface area contributed by atoms with Gasteiger partial charge in [0.25, 0.3) is 0 Å². The van der Waals surface area contributed by atoms with Gasteiger partial charge in [0.05, 0.1) is 0 Å². The number of aromatic nitrogens is 1. The second-order valence-corrected chi connectivity index (χ2v) is 7.78. The van der Waals surface area contributed by atoms with E-state index in [1.165, 1.54) is 0 Å². The molecule has 1 aliphatic heterocycles. The Morgan fingerprint density at radius 3 is 2.57 bits per heavy atom. The third-order valence-electron chi connectivity index (χ3n) is 3.77. The Kier molecular flexibility index (Phi) is 4.72. The van der Waals surface area contributed by atoms with Crippen LogP contribution >= 0.6 is 0 Å². The highest BCUT2D eigenvalue weighted by molar-refractivity contribution is 7.89. The van der Waals surface area contributed by atoms with Crippen LogP contribution in [0.25, 0.3) is 0 Å². The largest absolute Gasteiger partial charge is 0.360 e. The molecule has 0 saturated carbocycles. The quantitative estimate of drug-likeness (QED) is 0.828. The van der Waals surface area contributed by atoms with Crippen molar-refractivity contribution in [3.63, 3.8) is 0 Å². The van der Waals surface area contributed by atoms with E-state index < -0.39 is 10.0 Å². The average Bonchev–Trinajstić information content (AvgIpc) is 2.81. The van der Waals surface area contributed by atoms with E-state index in [9.17, 15) is 8.42 Å². The zero-order valence-corrected chi connectivity index (χ0v) is 14.1. The van der Waals surface area contributed by atoms with E-state index >= 15 is 0 Å². The molecule has 2 rings (SSSR count). The Morgan fingerprint density at radius 2 is 2.05 bits per heavy atom. The minimum absolute atomic E-state index is 0.101. The van der Waals surface area contributed by atoms with Crippen molar-refractivity contribution in [2.75, 3.05) is 40.8 Å². The minimum Gasteiger partial charge on any atom is -0.360 e. The van der Waals surface area contributed by atoms with Crippen molar-refractivity contribution in [3.05, 3.63) is 11.5 Å². The zero-order valence-electron chi connectivity index (χ0n) is 13.3. The molecule has 0 aliphatic carbocycles.